The van der Waals surface area contributed by atoms with E-state index in [1.807, 2.05) is 0 Å². The van der Waals surface area contributed by atoms with Crippen molar-refractivity contribution in [3.05, 3.63) is 42.5 Å². The molecule has 1 aliphatic rings. The lowest BCUT2D eigenvalue weighted by molar-refractivity contribution is -0.0601. The number of benzene rings is 2. The Kier molecular flexibility index (Phi) is 4.53. The van der Waals surface area contributed by atoms with Crippen molar-refractivity contribution in [3.63, 3.8) is 0 Å². The van der Waals surface area contributed by atoms with E-state index in [4.69, 9.17) is 9.31 Å². The molecule has 3 rings (SSSR count). The van der Waals surface area contributed by atoms with Gasteiger partial charge in [-0.05, 0) is 41.9 Å². The minimum Gasteiger partial charge on any atom is -0.399 e. The molecule has 1 saturated heterocycles. The maximum Gasteiger partial charge on any atom is 0.495 e. The summed E-state index contributed by atoms with van der Waals surface area (Å²) in [7, 11) is -0.277. The summed E-state index contributed by atoms with van der Waals surface area (Å²) in [4.78, 5) is 0. The largest absolute Gasteiger partial charge is 0.495 e. The molecule has 2 aromatic carbocycles. The van der Waals surface area contributed by atoms with Crippen LogP contribution in [0.2, 0.25) is 0 Å². The van der Waals surface area contributed by atoms with Gasteiger partial charge in [-0.3, -0.25) is 0 Å². The summed E-state index contributed by atoms with van der Waals surface area (Å²) in [6.45, 7) is 8.88. The van der Waals surface area contributed by atoms with Gasteiger partial charge in [0.1, 0.15) is 0 Å². The summed E-state index contributed by atoms with van der Waals surface area (Å²) in [5.41, 5.74) is 0.758. The molecule has 0 radical (unpaired) electrons. The van der Waals surface area contributed by atoms with Crippen molar-refractivity contribution in [1.29, 1.82) is 0 Å². The van der Waals surface area contributed by atoms with Crippen molar-refractivity contribution in [1.82, 2.24) is 0 Å². The zero-order valence-corrected chi connectivity index (χ0v) is 14.8. The van der Waals surface area contributed by atoms with Gasteiger partial charge >= 0.3 is 7.12 Å². The molecule has 0 unspecified atom stereocenters. The summed E-state index contributed by atoms with van der Waals surface area (Å²) in [5.74, 6) is 0. The van der Waals surface area contributed by atoms with Crippen molar-refractivity contribution in [3.8, 4) is 0 Å². The van der Waals surface area contributed by atoms with Gasteiger partial charge < -0.3 is 9.31 Å². The van der Waals surface area contributed by atoms with E-state index in [2.05, 4.69) is 70.2 Å². The Morgan fingerprint density at radius 2 is 1.26 bits per heavy atom. The van der Waals surface area contributed by atoms with Crippen LogP contribution in [-0.2, 0) is 9.31 Å². The molecule has 0 saturated carbocycles. The van der Waals surface area contributed by atoms with Crippen LogP contribution in [0.5, 0.6) is 0 Å². The molecule has 0 amide bonds. The molecule has 0 aliphatic carbocycles. The second-order valence-corrected chi connectivity index (χ2v) is 6.54. The van der Waals surface area contributed by atoms with Crippen LogP contribution in [0.15, 0.2) is 42.5 Å². The highest BCUT2D eigenvalue weighted by atomic mass is 16.7. The lowest BCUT2D eigenvalue weighted by atomic mass is 9.75. The molecule has 23 heavy (non-hydrogen) atoms. The van der Waals surface area contributed by atoms with Crippen molar-refractivity contribution in [2.24, 2.45) is 0 Å². The molecule has 0 N–H and O–H groups in total. The van der Waals surface area contributed by atoms with Crippen LogP contribution < -0.4 is 5.46 Å². The minimum absolute atomic E-state index is 0.196. The predicted molar refractivity (Wildman–Crippen MR) is 98.1 cm³/mol. The third kappa shape index (κ3) is 2.41. The third-order valence-electron chi connectivity index (χ3n) is 5.86. The number of rotatable bonds is 5. The zero-order chi connectivity index (χ0) is 16.5. The second-order valence-electron chi connectivity index (χ2n) is 6.54. The fraction of sp³-hybridized carbons (Fsp3) is 0.500. The molecule has 1 heterocycles. The van der Waals surface area contributed by atoms with E-state index in [-0.39, 0.29) is 18.3 Å². The highest BCUT2D eigenvalue weighted by Gasteiger charge is 2.58. The first-order valence-electron chi connectivity index (χ1n) is 8.98. The monoisotopic (exact) mass is 310 g/mol. The van der Waals surface area contributed by atoms with E-state index in [1.54, 1.807) is 0 Å². The smallest absolute Gasteiger partial charge is 0.399 e. The Labute approximate surface area is 140 Å². The van der Waals surface area contributed by atoms with Crippen molar-refractivity contribution < 1.29 is 9.31 Å². The minimum atomic E-state index is -0.277. The lowest BCUT2D eigenvalue weighted by Crippen LogP contribution is -2.50. The predicted octanol–water partition coefficient (Wildman–Crippen LogP) is 4.70. The van der Waals surface area contributed by atoms with Crippen LogP contribution in [-0.4, -0.2) is 18.3 Å². The normalized spacial score (nSPS) is 19.4. The first-order valence-corrected chi connectivity index (χ1v) is 8.98. The van der Waals surface area contributed by atoms with Gasteiger partial charge in [-0.25, -0.2) is 0 Å². The van der Waals surface area contributed by atoms with Gasteiger partial charge in [0.25, 0.3) is 0 Å². The average Bonchev–Trinajstić information content (AvgIpc) is 2.96. The quantitative estimate of drug-likeness (QED) is 0.745. The Hall–Kier alpha value is -1.32. The zero-order valence-electron chi connectivity index (χ0n) is 14.8. The van der Waals surface area contributed by atoms with Crippen LogP contribution in [0.3, 0.4) is 0 Å². The molecular formula is C20H27BO2. The summed E-state index contributed by atoms with van der Waals surface area (Å²) >= 11 is 0. The van der Waals surface area contributed by atoms with Crippen LogP contribution in [0.4, 0.5) is 0 Å². The second kappa shape index (κ2) is 6.29. The Morgan fingerprint density at radius 3 is 1.83 bits per heavy atom. The third-order valence-corrected chi connectivity index (χ3v) is 5.86. The van der Waals surface area contributed by atoms with Gasteiger partial charge in [-0.15, -0.1) is 0 Å². The number of fused-ring (bicyclic) bond motifs is 1. The van der Waals surface area contributed by atoms with E-state index in [9.17, 15) is 0 Å². The lowest BCUT2D eigenvalue weighted by Gasteiger charge is -2.42. The van der Waals surface area contributed by atoms with Crippen molar-refractivity contribution in [2.45, 2.75) is 64.6 Å². The van der Waals surface area contributed by atoms with Gasteiger partial charge in [0, 0.05) is 0 Å². The Bertz CT molecular complexity index is 649. The fourth-order valence-electron chi connectivity index (χ4n) is 4.35. The van der Waals surface area contributed by atoms with E-state index in [1.165, 1.54) is 10.8 Å². The maximum absolute atomic E-state index is 6.62. The highest BCUT2D eigenvalue weighted by molar-refractivity contribution is 6.65. The Morgan fingerprint density at radius 1 is 0.739 bits per heavy atom. The van der Waals surface area contributed by atoms with E-state index in [0.717, 1.165) is 31.1 Å². The fourth-order valence-corrected chi connectivity index (χ4v) is 4.35. The molecular weight excluding hydrogens is 283 g/mol. The van der Waals surface area contributed by atoms with Gasteiger partial charge in [-0.2, -0.15) is 0 Å². The van der Waals surface area contributed by atoms with E-state index < -0.39 is 0 Å². The van der Waals surface area contributed by atoms with Crippen molar-refractivity contribution >= 4 is 23.4 Å². The van der Waals surface area contributed by atoms with Gasteiger partial charge in [-0.1, -0.05) is 70.2 Å². The van der Waals surface area contributed by atoms with E-state index >= 15 is 0 Å². The first-order chi connectivity index (χ1) is 11.1. The standard InChI is InChI=1S/C20H27BO2/c1-5-19(6-2)20(7-3,8-4)23-21(22-19)18-15-11-13-16-12-9-10-14-17(16)18/h9-15H,5-8H2,1-4H3. The van der Waals surface area contributed by atoms with E-state index in [0.29, 0.717) is 0 Å². The summed E-state index contributed by atoms with van der Waals surface area (Å²) < 4.78 is 13.2. The number of hydrogen-bond acceptors (Lipinski definition) is 2. The molecule has 1 aliphatic heterocycles. The molecule has 122 valence electrons. The Balaban J connectivity index is 2.08. The molecule has 1 fully saturated rings. The van der Waals surface area contributed by atoms with Crippen LogP contribution in [0.25, 0.3) is 10.8 Å². The molecule has 0 atom stereocenters. The van der Waals surface area contributed by atoms with Crippen LogP contribution in [0, 0.1) is 0 Å². The number of hydrogen-bond donors (Lipinski definition) is 0. The maximum atomic E-state index is 6.62. The molecule has 2 nitrogen and oxygen atoms in total. The summed E-state index contributed by atoms with van der Waals surface area (Å²) in [6.07, 6.45) is 3.91. The molecule has 0 spiro atoms. The van der Waals surface area contributed by atoms with Gasteiger partial charge in [0.2, 0.25) is 0 Å². The molecule has 0 aromatic heterocycles. The van der Waals surface area contributed by atoms with Gasteiger partial charge in [0.05, 0.1) is 11.2 Å². The highest BCUT2D eigenvalue weighted by Crippen LogP contribution is 2.47. The topological polar surface area (TPSA) is 18.5 Å². The summed E-state index contributed by atoms with van der Waals surface area (Å²) in [5, 5.41) is 2.46. The van der Waals surface area contributed by atoms with Crippen LogP contribution in [0.1, 0.15) is 53.4 Å². The SMILES string of the molecule is CCC1(CC)OB(c2cccc3ccccc23)OC1(CC)CC. The first kappa shape index (κ1) is 16.5. The van der Waals surface area contributed by atoms with Gasteiger partial charge in [0.15, 0.2) is 0 Å². The molecule has 0 bridgehead atoms. The summed E-state index contributed by atoms with van der Waals surface area (Å²) in [6, 6.07) is 14.9. The molecule has 2 aromatic rings. The molecule has 3 heteroatoms. The van der Waals surface area contributed by atoms with Crippen LogP contribution >= 0.6 is 0 Å². The average molecular weight is 310 g/mol. The van der Waals surface area contributed by atoms with Crippen molar-refractivity contribution in [2.75, 3.05) is 0 Å².